The monoisotopic (exact) mass is 456 g/mol. The van der Waals surface area contributed by atoms with E-state index in [1.54, 1.807) is 0 Å². The van der Waals surface area contributed by atoms with Crippen molar-refractivity contribution in [1.82, 2.24) is 0 Å². The van der Waals surface area contributed by atoms with Gasteiger partial charge >= 0.3 is 29.6 Å². The summed E-state index contributed by atoms with van der Waals surface area (Å²) in [6.45, 7) is 4.22. The second-order valence-corrected chi connectivity index (χ2v) is 10.5. The minimum atomic E-state index is -4.15. The van der Waals surface area contributed by atoms with Gasteiger partial charge < -0.3 is 9.66 Å². The predicted molar refractivity (Wildman–Crippen MR) is 123 cm³/mol. The summed E-state index contributed by atoms with van der Waals surface area (Å²) in [5, 5.41) is 8.84. The van der Waals surface area contributed by atoms with Crippen LogP contribution in [-0.2, 0) is 10.1 Å². The molecule has 0 heterocycles. The van der Waals surface area contributed by atoms with Crippen molar-refractivity contribution in [2.24, 2.45) is 0 Å². The molecule has 0 rings (SSSR count). The first kappa shape index (κ1) is 33.0. The molecule has 6 heteroatoms. The van der Waals surface area contributed by atoms with Crippen LogP contribution in [0.15, 0.2) is 0 Å². The average Bonchev–Trinajstić information content (AvgIpc) is 2.68. The Morgan fingerprint density at radius 2 is 0.967 bits per heavy atom. The molecule has 0 spiro atoms. The van der Waals surface area contributed by atoms with Crippen molar-refractivity contribution >= 4 is 10.1 Å². The standard InChI is InChI=1S/C24H50O4S.Na/c1-3-5-6-7-11-15-18-21-24(29(26,27)28)22-19-16-13-10-8-9-12-14-17-20-23(25)4-2;/h23-25H,3-22H2,1-2H3,(H,26,27,28);/q;+1/p-1. The van der Waals surface area contributed by atoms with Gasteiger partial charge in [-0.3, -0.25) is 0 Å². The Morgan fingerprint density at radius 1 is 0.633 bits per heavy atom. The van der Waals surface area contributed by atoms with Crippen molar-refractivity contribution < 1.29 is 47.6 Å². The van der Waals surface area contributed by atoms with Gasteiger partial charge in [0.1, 0.15) is 0 Å². The molecular weight excluding hydrogens is 407 g/mol. The molecule has 4 nitrogen and oxygen atoms in total. The average molecular weight is 457 g/mol. The number of hydrogen-bond donors (Lipinski definition) is 1. The fourth-order valence-corrected chi connectivity index (χ4v) is 4.87. The third kappa shape index (κ3) is 22.1. The summed E-state index contributed by atoms with van der Waals surface area (Å²) in [6, 6.07) is 0. The molecule has 2 atom stereocenters. The first-order valence-corrected chi connectivity index (χ1v) is 14.0. The van der Waals surface area contributed by atoms with Crippen molar-refractivity contribution in [3.8, 4) is 0 Å². The summed E-state index contributed by atoms with van der Waals surface area (Å²) >= 11 is 0. The number of hydrogen-bond acceptors (Lipinski definition) is 4. The molecule has 0 amide bonds. The maximum absolute atomic E-state index is 11.5. The Hall–Kier alpha value is 0.870. The quantitative estimate of drug-likeness (QED) is 0.151. The van der Waals surface area contributed by atoms with E-state index >= 15 is 0 Å². The molecule has 0 aromatic carbocycles. The van der Waals surface area contributed by atoms with Crippen molar-refractivity contribution in [3.63, 3.8) is 0 Å². The van der Waals surface area contributed by atoms with Gasteiger partial charge in [-0.1, -0.05) is 117 Å². The Bertz CT molecular complexity index is 442. The zero-order chi connectivity index (χ0) is 21.8. The summed E-state index contributed by atoms with van der Waals surface area (Å²) in [6.07, 6.45) is 21.1. The summed E-state index contributed by atoms with van der Waals surface area (Å²) in [7, 11) is -4.15. The molecule has 0 bridgehead atoms. The smallest absolute Gasteiger partial charge is 0.748 e. The Kier molecular flexibility index (Phi) is 25.4. The molecule has 2 unspecified atom stereocenters. The van der Waals surface area contributed by atoms with Crippen molar-refractivity contribution in [1.29, 1.82) is 0 Å². The van der Waals surface area contributed by atoms with E-state index in [-0.39, 0.29) is 35.7 Å². The van der Waals surface area contributed by atoms with Gasteiger partial charge in [-0.2, -0.15) is 0 Å². The van der Waals surface area contributed by atoms with Crippen LogP contribution in [0, 0.1) is 0 Å². The van der Waals surface area contributed by atoms with E-state index in [2.05, 4.69) is 6.92 Å². The zero-order valence-electron chi connectivity index (χ0n) is 20.4. The molecule has 0 aromatic heterocycles. The summed E-state index contributed by atoms with van der Waals surface area (Å²) in [5.41, 5.74) is 0. The molecule has 0 fully saturated rings. The zero-order valence-corrected chi connectivity index (χ0v) is 23.2. The molecule has 30 heavy (non-hydrogen) atoms. The second kappa shape index (κ2) is 23.0. The van der Waals surface area contributed by atoms with Crippen LogP contribution in [0.1, 0.15) is 142 Å². The van der Waals surface area contributed by atoms with E-state index < -0.39 is 15.4 Å². The number of rotatable bonds is 22. The van der Waals surface area contributed by atoms with Gasteiger partial charge in [-0.15, -0.1) is 0 Å². The Balaban J connectivity index is 0. The Morgan fingerprint density at radius 3 is 1.30 bits per heavy atom. The summed E-state index contributed by atoms with van der Waals surface area (Å²) in [4.78, 5) is 0. The van der Waals surface area contributed by atoms with Gasteiger partial charge in [0.15, 0.2) is 0 Å². The van der Waals surface area contributed by atoms with Crippen LogP contribution in [0.2, 0.25) is 0 Å². The minimum Gasteiger partial charge on any atom is -0.748 e. The van der Waals surface area contributed by atoms with Gasteiger partial charge in [-0.25, -0.2) is 8.42 Å². The van der Waals surface area contributed by atoms with Crippen molar-refractivity contribution in [3.05, 3.63) is 0 Å². The maximum Gasteiger partial charge on any atom is 1.00 e. The van der Waals surface area contributed by atoms with Gasteiger partial charge in [0.2, 0.25) is 0 Å². The SMILES string of the molecule is CCCCCCCCCC(CCCCCCCCCCCC(O)CC)S(=O)(=O)[O-].[Na+]. The normalized spacial score (nSPS) is 13.7. The first-order chi connectivity index (χ1) is 13.9. The summed E-state index contributed by atoms with van der Waals surface area (Å²) in [5.74, 6) is 0. The number of aliphatic hydroxyl groups excluding tert-OH is 1. The van der Waals surface area contributed by atoms with Crippen LogP contribution < -0.4 is 29.6 Å². The number of aliphatic hydroxyl groups is 1. The molecular formula is C24H49NaO4S. The van der Waals surface area contributed by atoms with Crippen LogP contribution >= 0.6 is 0 Å². The molecule has 0 aromatic rings. The van der Waals surface area contributed by atoms with E-state index in [1.165, 1.54) is 57.8 Å². The van der Waals surface area contributed by atoms with Crippen LogP contribution in [0.25, 0.3) is 0 Å². The van der Waals surface area contributed by atoms with E-state index in [1.807, 2.05) is 6.92 Å². The van der Waals surface area contributed by atoms with Crippen LogP contribution in [0.4, 0.5) is 0 Å². The van der Waals surface area contributed by atoms with Gasteiger partial charge in [0, 0.05) is 5.25 Å². The van der Waals surface area contributed by atoms with E-state index in [0.29, 0.717) is 12.8 Å². The summed E-state index contributed by atoms with van der Waals surface area (Å²) < 4.78 is 34.6. The molecule has 0 aliphatic heterocycles. The fourth-order valence-electron chi connectivity index (χ4n) is 3.96. The largest absolute Gasteiger partial charge is 1.00 e. The molecule has 0 radical (unpaired) electrons. The molecule has 1 N–H and O–H groups in total. The van der Waals surface area contributed by atoms with Crippen LogP contribution in [-0.4, -0.2) is 29.4 Å². The molecule has 0 saturated heterocycles. The Labute approximate surface area is 210 Å². The minimum absolute atomic E-state index is 0. The number of unbranched alkanes of at least 4 members (excludes halogenated alkanes) is 14. The van der Waals surface area contributed by atoms with E-state index in [9.17, 15) is 18.1 Å². The van der Waals surface area contributed by atoms with E-state index in [4.69, 9.17) is 0 Å². The molecule has 0 saturated carbocycles. The molecule has 176 valence electrons. The second-order valence-electron chi connectivity index (χ2n) is 8.85. The van der Waals surface area contributed by atoms with Crippen molar-refractivity contribution in [2.45, 2.75) is 154 Å². The van der Waals surface area contributed by atoms with Gasteiger partial charge in [-0.05, 0) is 25.7 Å². The molecule has 0 aliphatic carbocycles. The third-order valence-corrected chi connectivity index (χ3v) is 7.36. The topological polar surface area (TPSA) is 77.4 Å². The maximum atomic E-state index is 11.5. The van der Waals surface area contributed by atoms with Gasteiger partial charge in [0.05, 0.1) is 16.2 Å². The fraction of sp³-hybridized carbons (Fsp3) is 1.00. The van der Waals surface area contributed by atoms with Crippen LogP contribution in [0.3, 0.4) is 0 Å². The van der Waals surface area contributed by atoms with Crippen LogP contribution in [0.5, 0.6) is 0 Å². The van der Waals surface area contributed by atoms with E-state index in [0.717, 1.165) is 57.8 Å². The van der Waals surface area contributed by atoms with Crippen molar-refractivity contribution in [2.75, 3.05) is 0 Å². The predicted octanol–water partition coefficient (Wildman–Crippen LogP) is 4.11. The first-order valence-electron chi connectivity index (χ1n) is 12.5. The third-order valence-electron chi connectivity index (χ3n) is 6.07. The molecule has 0 aliphatic rings. The van der Waals surface area contributed by atoms with Gasteiger partial charge in [0.25, 0.3) is 0 Å².